The second kappa shape index (κ2) is 7.75. The molecular weight excluding hydrogens is 437 g/mol. The Morgan fingerprint density at radius 3 is 2.67 bits per heavy atom. The van der Waals surface area contributed by atoms with E-state index in [1.165, 1.54) is 16.7 Å². The number of rotatable bonds is 5. The molecule has 10 heteroatoms. The highest BCUT2D eigenvalue weighted by Gasteiger charge is 2.36. The first kappa shape index (κ1) is 21.0. The Morgan fingerprint density at radius 2 is 1.97 bits per heavy atom. The highest BCUT2D eigenvalue weighted by atomic mass is 32.2. The van der Waals surface area contributed by atoms with E-state index >= 15 is 0 Å². The van der Waals surface area contributed by atoms with E-state index in [9.17, 15) is 21.6 Å². The average Bonchev–Trinajstić information content (AvgIpc) is 3.27. The maximum absolute atomic E-state index is 13.4. The number of hydrogen-bond acceptors (Lipinski definition) is 5. The monoisotopic (exact) mass is 456 g/mol. The van der Waals surface area contributed by atoms with Gasteiger partial charge < -0.3 is 9.64 Å². The van der Waals surface area contributed by atoms with Crippen molar-refractivity contribution in [3.8, 4) is 5.75 Å². The molecule has 3 aromatic rings. The number of alkyl halides is 3. The number of nitrogens with zero attached hydrogens (tertiary/aromatic N) is 1. The highest BCUT2D eigenvalue weighted by molar-refractivity contribution is 7.93. The highest BCUT2D eigenvalue weighted by Crippen LogP contribution is 2.39. The molecule has 0 amide bonds. The summed E-state index contributed by atoms with van der Waals surface area (Å²) in [5.41, 5.74) is -0.916. The lowest BCUT2D eigenvalue weighted by Gasteiger charge is -2.19. The Bertz CT molecular complexity index is 1180. The molecule has 1 aliphatic rings. The van der Waals surface area contributed by atoms with Gasteiger partial charge in [0.05, 0.1) is 11.3 Å². The molecule has 30 heavy (non-hydrogen) atoms. The molecule has 1 atom stereocenters. The zero-order valence-corrected chi connectivity index (χ0v) is 17.6. The number of sulfonamides is 1. The number of thiophene rings is 1. The summed E-state index contributed by atoms with van der Waals surface area (Å²) in [7, 11) is -2.12. The Labute approximate surface area is 176 Å². The minimum absolute atomic E-state index is 0.0135. The van der Waals surface area contributed by atoms with Crippen LogP contribution in [-0.4, -0.2) is 39.6 Å². The standard InChI is InChI=1S/C20H19F3N2O3S2/c1-25-9-8-14(11-25)28-17-10-13(6-7-16(17)20(21,22)23)24-30(26,27)19-12-29-18-5-3-2-4-15(18)19/h2-7,10,12,14,24H,8-9,11H2,1H3/t14-/m1/s1. The third-order valence-corrected chi connectivity index (χ3v) is 7.45. The summed E-state index contributed by atoms with van der Waals surface area (Å²) < 4.78 is 74.9. The molecule has 5 nitrogen and oxygen atoms in total. The molecule has 0 radical (unpaired) electrons. The van der Waals surface area contributed by atoms with Gasteiger partial charge >= 0.3 is 6.18 Å². The molecule has 1 saturated heterocycles. The van der Waals surface area contributed by atoms with Gasteiger partial charge in [0, 0.05) is 34.6 Å². The van der Waals surface area contributed by atoms with Crippen LogP contribution in [-0.2, 0) is 16.2 Å². The Kier molecular flexibility index (Phi) is 5.41. The molecule has 1 fully saturated rings. The number of nitrogens with one attached hydrogen (secondary N) is 1. The SMILES string of the molecule is CN1CC[C@@H](Oc2cc(NS(=O)(=O)c3csc4ccccc34)ccc2C(F)(F)F)C1. The summed E-state index contributed by atoms with van der Waals surface area (Å²) in [5.74, 6) is -0.377. The van der Waals surface area contributed by atoms with Crippen molar-refractivity contribution in [3.05, 3.63) is 53.4 Å². The van der Waals surface area contributed by atoms with E-state index in [2.05, 4.69) is 4.72 Å². The fraction of sp³-hybridized carbons (Fsp3) is 0.300. The van der Waals surface area contributed by atoms with Crippen molar-refractivity contribution in [1.29, 1.82) is 0 Å². The molecule has 4 rings (SSSR count). The van der Waals surface area contributed by atoms with E-state index in [4.69, 9.17) is 4.74 Å². The molecule has 2 heterocycles. The van der Waals surface area contributed by atoms with Gasteiger partial charge in [-0.2, -0.15) is 13.2 Å². The molecule has 1 aromatic heterocycles. The van der Waals surface area contributed by atoms with Crippen LogP contribution in [0.5, 0.6) is 5.75 Å². The van der Waals surface area contributed by atoms with Gasteiger partial charge in [0.25, 0.3) is 10.0 Å². The first-order chi connectivity index (χ1) is 14.1. The molecule has 0 spiro atoms. The van der Waals surface area contributed by atoms with Crippen molar-refractivity contribution in [3.63, 3.8) is 0 Å². The van der Waals surface area contributed by atoms with Crippen molar-refractivity contribution in [2.45, 2.75) is 23.6 Å². The number of halogens is 3. The minimum atomic E-state index is -4.61. The summed E-state index contributed by atoms with van der Waals surface area (Å²) in [6, 6.07) is 10.1. The zero-order chi connectivity index (χ0) is 21.5. The number of hydrogen-bond donors (Lipinski definition) is 1. The molecular formula is C20H19F3N2O3S2. The second-order valence-corrected chi connectivity index (χ2v) is 9.76. The fourth-order valence-electron chi connectivity index (χ4n) is 3.46. The molecule has 0 bridgehead atoms. The van der Waals surface area contributed by atoms with Crippen LogP contribution in [0.4, 0.5) is 18.9 Å². The number of benzene rings is 2. The number of likely N-dealkylation sites (tertiary alicyclic amines) is 1. The largest absolute Gasteiger partial charge is 0.488 e. The zero-order valence-electron chi connectivity index (χ0n) is 15.9. The summed E-state index contributed by atoms with van der Waals surface area (Å²) >= 11 is 1.28. The number of fused-ring (bicyclic) bond motifs is 1. The van der Waals surface area contributed by atoms with Gasteiger partial charge in [-0.05, 0) is 31.7 Å². The third kappa shape index (κ3) is 4.26. The third-order valence-electron chi connectivity index (χ3n) is 4.92. The normalized spacial score (nSPS) is 18.1. The summed E-state index contributed by atoms with van der Waals surface area (Å²) in [4.78, 5) is 2.05. The lowest BCUT2D eigenvalue weighted by molar-refractivity contribution is -0.139. The molecule has 1 N–H and O–H groups in total. The summed E-state index contributed by atoms with van der Waals surface area (Å²) in [6.45, 7) is 1.23. The quantitative estimate of drug-likeness (QED) is 0.599. The van der Waals surface area contributed by atoms with E-state index in [1.54, 1.807) is 12.1 Å². The van der Waals surface area contributed by atoms with E-state index in [0.29, 0.717) is 18.4 Å². The number of likely N-dealkylation sites (N-methyl/N-ethyl adjacent to an activating group) is 1. The van der Waals surface area contributed by atoms with Crippen LogP contribution < -0.4 is 9.46 Å². The predicted octanol–water partition coefficient (Wildman–Crippen LogP) is 4.80. The minimum Gasteiger partial charge on any atom is -0.488 e. The lowest BCUT2D eigenvalue weighted by Crippen LogP contribution is -2.23. The summed E-state index contributed by atoms with van der Waals surface area (Å²) in [6.07, 6.45) is -4.39. The van der Waals surface area contributed by atoms with Crippen LogP contribution in [0.1, 0.15) is 12.0 Å². The number of ether oxygens (including phenoxy) is 1. The molecule has 160 valence electrons. The van der Waals surface area contributed by atoms with E-state index < -0.39 is 21.8 Å². The lowest BCUT2D eigenvalue weighted by atomic mass is 10.1. The number of anilines is 1. The van der Waals surface area contributed by atoms with Crippen LogP contribution in [0, 0.1) is 0 Å². The van der Waals surface area contributed by atoms with Crippen molar-refractivity contribution in [2.24, 2.45) is 0 Å². The van der Waals surface area contributed by atoms with Gasteiger partial charge in [0.2, 0.25) is 0 Å². The van der Waals surface area contributed by atoms with Crippen LogP contribution in [0.25, 0.3) is 10.1 Å². The fourth-order valence-corrected chi connectivity index (χ4v) is 6.01. The van der Waals surface area contributed by atoms with Crippen molar-refractivity contribution < 1.29 is 26.3 Å². The first-order valence-electron chi connectivity index (χ1n) is 9.19. The van der Waals surface area contributed by atoms with E-state index in [0.717, 1.165) is 29.4 Å². The van der Waals surface area contributed by atoms with Crippen LogP contribution in [0.15, 0.2) is 52.7 Å². The van der Waals surface area contributed by atoms with Gasteiger partial charge in [0.15, 0.2) is 0 Å². The average molecular weight is 457 g/mol. The molecule has 0 aliphatic carbocycles. The maximum atomic E-state index is 13.4. The van der Waals surface area contributed by atoms with Crippen LogP contribution >= 0.6 is 11.3 Å². The second-order valence-electron chi connectivity index (χ2n) is 7.20. The van der Waals surface area contributed by atoms with Gasteiger partial charge in [-0.15, -0.1) is 11.3 Å². The first-order valence-corrected chi connectivity index (χ1v) is 11.6. The van der Waals surface area contributed by atoms with Crippen LogP contribution in [0.2, 0.25) is 0 Å². The Hall–Kier alpha value is -2.30. The van der Waals surface area contributed by atoms with Crippen molar-refractivity contribution in [2.75, 3.05) is 24.9 Å². The van der Waals surface area contributed by atoms with Gasteiger partial charge in [-0.1, -0.05) is 18.2 Å². The van der Waals surface area contributed by atoms with Crippen molar-refractivity contribution in [1.82, 2.24) is 4.90 Å². The molecule has 0 saturated carbocycles. The Morgan fingerprint density at radius 1 is 1.20 bits per heavy atom. The molecule has 0 unspecified atom stereocenters. The predicted molar refractivity (Wildman–Crippen MR) is 111 cm³/mol. The molecule has 1 aliphatic heterocycles. The smallest absolute Gasteiger partial charge is 0.419 e. The van der Waals surface area contributed by atoms with E-state index in [-0.39, 0.29) is 22.4 Å². The van der Waals surface area contributed by atoms with Crippen molar-refractivity contribution >= 4 is 37.1 Å². The van der Waals surface area contributed by atoms with Gasteiger partial charge in [-0.25, -0.2) is 8.42 Å². The topological polar surface area (TPSA) is 58.6 Å². The van der Waals surface area contributed by atoms with Gasteiger partial charge in [0.1, 0.15) is 16.7 Å². The summed E-state index contributed by atoms with van der Waals surface area (Å²) in [5, 5.41) is 2.08. The van der Waals surface area contributed by atoms with Gasteiger partial charge in [-0.3, -0.25) is 4.72 Å². The maximum Gasteiger partial charge on any atom is 0.419 e. The van der Waals surface area contributed by atoms with E-state index in [1.807, 2.05) is 24.1 Å². The Balaban J connectivity index is 1.66. The van der Waals surface area contributed by atoms with Crippen LogP contribution in [0.3, 0.4) is 0 Å². The molecule has 2 aromatic carbocycles.